The smallest absolute Gasteiger partial charge is 0.305 e. The van der Waals surface area contributed by atoms with Gasteiger partial charge in [-0.1, -0.05) is 0 Å². The van der Waals surface area contributed by atoms with Crippen LogP contribution in [-0.2, 0) is 19.1 Å². The van der Waals surface area contributed by atoms with E-state index < -0.39 is 0 Å². The van der Waals surface area contributed by atoms with Gasteiger partial charge in [0.1, 0.15) is 0 Å². The summed E-state index contributed by atoms with van der Waals surface area (Å²) in [6.45, 7) is 0. The lowest BCUT2D eigenvalue weighted by atomic mass is 10.1. The van der Waals surface area contributed by atoms with Crippen molar-refractivity contribution in [2.45, 2.75) is 50.6 Å². The molecule has 0 amide bonds. The molecule has 1 heterocycles. The molecule has 1 N–H and O–H groups in total. The first kappa shape index (κ1) is 14.0. The fraction of sp³-hybridized carbons (Fsp3) is 0.833. The van der Waals surface area contributed by atoms with Gasteiger partial charge in [0.2, 0.25) is 0 Å². The second kappa shape index (κ2) is 7.27. The Kier molecular flexibility index (Phi) is 5.97. The van der Waals surface area contributed by atoms with Gasteiger partial charge in [0.25, 0.3) is 0 Å². The molecule has 0 bridgehead atoms. The van der Waals surface area contributed by atoms with Crippen molar-refractivity contribution >= 4 is 11.9 Å². The number of hydrogen-bond donors (Lipinski definition) is 1. The summed E-state index contributed by atoms with van der Waals surface area (Å²) >= 11 is 0. The highest BCUT2D eigenvalue weighted by Crippen LogP contribution is 2.19. The van der Waals surface area contributed by atoms with Crippen molar-refractivity contribution in [2.24, 2.45) is 0 Å². The summed E-state index contributed by atoms with van der Waals surface area (Å²) in [7, 11) is 2.81. The largest absolute Gasteiger partial charge is 0.469 e. The monoisotopic (exact) mass is 243 g/mol. The average Bonchev–Trinajstić information content (AvgIpc) is 2.80. The van der Waals surface area contributed by atoms with Crippen molar-refractivity contribution < 1.29 is 19.1 Å². The molecule has 1 rings (SSSR count). The van der Waals surface area contributed by atoms with Gasteiger partial charge in [0, 0.05) is 24.9 Å². The van der Waals surface area contributed by atoms with Gasteiger partial charge in [-0.25, -0.2) is 0 Å². The summed E-state index contributed by atoms with van der Waals surface area (Å²) in [5.74, 6) is -0.324. The van der Waals surface area contributed by atoms with E-state index in [1.54, 1.807) is 0 Å². The molecular formula is C12H21NO4. The Hall–Kier alpha value is -1.10. The summed E-state index contributed by atoms with van der Waals surface area (Å²) in [4.78, 5) is 22.0. The molecule has 1 aliphatic rings. The molecule has 1 fully saturated rings. The lowest BCUT2D eigenvalue weighted by molar-refractivity contribution is -0.141. The van der Waals surface area contributed by atoms with E-state index in [1.165, 1.54) is 14.2 Å². The molecular weight excluding hydrogens is 222 g/mol. The van der Waals surface area contributed by atoms with Crippen molar-refractivity contribution in [3.8, 4) is 0 Å². The van der Waals surface area contributed by atoms with Gasteiger partial charge >= 0.3 is 11.9 Å². The summed E-state index contributed by atoms with van der Waals surface area (Å²) in [6.07, 6.45) is 4.64. The molecule has 0 spiro atoms. The number of carbonyl (C=O) groups is 2. The van der Waals surface area contributed by atoms with E-state index in [4.69, 9.17) is 0 Å². The van der Waals surface area contributed by atoms with E-state index in [-0.39, 0.29) is 11.9 Å². The van der Waals surface area contributed by atoms with Gasteiger partial charge in [-0.3, -0.25) is 9.59 Å². The average molecular weight is 243 g/mol. The van der Waals surface area contributed by atoms with Crippen LogP contribution in [-0.4, -0.2) is 38.2 Å². The lowest BCUT2D eigenvalue weighted by Crippen LogP contribution is -2.30. The molecule has 0 aromatic carbocycles. The van der Waals surface area contributed by atoms with Crippen molar-refractivity contribution in [2.75, 3.05) is 14.2 Å². The number of carbonyl (C=O) groups excluding carboxylic acids is 2. The first-order valence-electron chi connectivity index (χ1n) is 6.05. The van der Waals surface area contributed by atoms with E-state index in [0.29, 0.717) is 24.9 Å². The summed E-state index contributed by atoms with van der Waals surface area (Å²) in [6, 6.07) is 0.744. The summed E-state index contributed by atoms with van der Waals surface area (Å²) in [5.41, 5.74) is 0. The first-order chi connectivity index (χ1) is 8.15. The quantitative estimate of drug-likeness (QED) is 0.705. The topological polar surface area (TPSA) is 64.6 Å². The molecule has 2 atom stereocenters. The SMILES string of the molecule is COC(=O)CCC1CCC(CCC(=O)OC)N1. The first-order valence-corrected chi connectivity index (χ1v) is 6.05. The fourth-order valence-corrected chi connectivity index (χ4v) is 2.15. The molecule has 5 nitrogen and oxygen atoms in total. The number of hydrogen-bond acceptors (Lipinski definition) is 5. The van der Waals surface area contributed by atoms with Crippen LogP contribution in [0.2, 0.25) is 0 Å². The number of esters is 2. The zero-order valence-electron chi connectivity index (χ0n) is 10.5. The second-order valence-electron chi connectivity index (χ2n) is 4.37. The van der Waals surface area contributed by atoms with E-state index in [2.05, 4.69) is 14.8 Å². The minimum atomic E-state index is -0.162. The van der Waals surface area contributed by atoms with Crippen molar-refractivity contribution in [1.29, 1.82) is 0 Å². The fourth-order valence-electron chi connectivity index (χ4n) is 2.15. The zero-order chi connectivity index (χ0) is 12.7. The standard InChI is InChI=1S/C12H21NO4/c1-16-11(14)7-5-9-3-4-10(13-9)6-8-12(15)17-2/h9-10,13H,3-8H2,1-2H3. The Morgan fingerprint density at radius 2 is 1.41 bits per heavy atom. The maximum absolute atomic E-state index is 11.0. The second-order valence-corrected chi connectivity index (χ2v) is 4.37. The van der Waals surface area contributed by atoms with Crippen LogP contribution in [0.15, 0.2) is 0 Å². The number of nitrogens with one attached hydrogen (secondary N) is 1. The normalized spacial score (nSPS) is 23.4. The van der Waals surface area contributed by atoms with Gasteiger partial charge in [-0.15, -0.1) is 0 Å². The van der Waals surface area contributed by atoms with Gasteiger partial charge in [-0.05, 0) is 25.7 Å². The zero-order valence-corrected chi connectivity index (χ0v) is 10.5. The van der Waals surface area contributed by atoms with Gasteiger partial charge in [0.05, 0.1) is 14.2 Å². The van der Waals surface area contributed by atoms with Crippen LogP contribution in [0.3, 0.4) is 0 Å². The molecule has 17 heavy (non-hydrogen) atoms. The maximum Gasteiger partial charge on any atom is 0.305 e. The Balaban J connectivity index is 2.14. The maximum atomic E-state index is 11.0. The predicted octanol–water partition coefficient (Wildman–Crippen LogP) is 1.01. The highest BCUT2D eigenvalue weighted by molar-refractivity contribution is 5.69. The van der Waals surface area contributed by atoms with Crippen molar-refractivity contribution in [3.63, 3.8) is 0 Å². The highest BCUT2D eigenvalue weighted by atomic mass is 16.5. The Labute approximate surface area is 102 Å². The Morgan fingerprint density at radius 1 is 1.00 bits per heavy atom. The molecule has 0 radical (unpaired) electrons. The van der Waals surface area contributed by atoms with Gasteiger partial charge in [0.15, 0.2) is 0 Å². The molecule has 0 saturated carbocycles. The predicted molar refractivity (Wildman–Crippen MR) is 62.4 cm³/mol. The van der Waals surface area contributed by atoms with Gasteiger partial charge < -0.3 is 14.8 Å². The minimum Gasteiger partial charge on any atom is -0.469 e. The minimum absolute atomic E-state index is 0.162. The third kappa shape index (κ3) is 5.17. The van der Waals surface area contributed by atoms with Crippen LogP contribution in [0.4, 0.5) is 0 Å². The van der Waals surface area contributed by atoms with Crippen LogP contribution in [0.25, 0.3) is 0 Å². The van der Waals surface area contributed by atoms with Crippen LogP contribution in [0.1, 0.15) is 38.5 Å². The summed E-state index contributed by atoms with van der Waals surface area (Å²) < 4.78 is 9.20. The Bertz CT molecular complexity index is 241. The molecule has 0 aromatic heterocycles. The van der Waals surface area contributed by atoms with Crippen LogP contribution in [0, 0.1) is 0 Å². The van der Waals surface area contributed by atoms with Crippen LogP contribution >= 0.6 is 0 Å². The van der Waals surface area contributed by atoms with Crippen molar-refractivity contribution in [1.82, 2.24) is 5.32 Å². The van der Waals surface area contributed by atoms with E-state index in [0.717, 1.165) is 25.7 Å². The third-order valence-corrected chi connectivity index (χ3v) is 3.18. The molecule has 2 unspecified atom stereocenters. The number of ether oxygens (including phenoxy) is 2. The summed E-state index contributed by atoms with van der Waals surface area (Å²) in [5, 5.41) is 3.43. The van der Waals surface area contributed by atoms with E-state index >= 15 is 0 Å². The highest BCUT2D eigenvalue weighted by Gasteiger charge is 2.24. The number of rotatable bonds is 6. The van der Waals surface area contributed by atoms with Crippen LogP contribution in [0.5, 0.6) is 0 Å². The molecule has 0 aliphatic carbocycles. The van der Waals surface area contributed by atoms with Crippen molar-refractivity contribution in [3.05, 3.63) is 0 Å². The third-order valence-electron chi connectivity index (χ3n) is 3.18. The molecule has 1 aliphatic heterocycles. The molecule has 5 heteroatoms. The molecule has 98 valence electrons. The van der Waals surface area contributed by atoms with E-state index in [9.17, 15) is 9.59 Å². The molecule has 0 aromatic rings. The Morgan fingerprint density at radius 3 is 1.76 bits per heavy atom. The number of methoxy groups -OCH3 is 2. The molecule has 1 saturated heterocycles. The lowest BCUT2D eigenvalue weighted by Gasteiger charge is -2.13. The van der Waals surface area contributed by atoms with Crippen LogP contribution < -0.4 is 5.32 Å². The van der Waals surface area contributed by atoms with E-state index in [1.807, 2.05) is 0 Å². The van der Waals surface area contributed by atoms with Gasteiger partial charge in [-0.2, -0.15) is 0 Å².